The Balaban J connectivity index is 1.66. The molecule has 0 aliphatic heterocycles. The molecule has 0 fully saturated rings. The molecule has 1 atom stereocenters. The van der Waals surface area contributed by atoms with Crippen LogP contribution in [0.5, 0.6) is 0 Å². The predicted molar refractivity (Wildman–Crippen MR) is 114 cm³/mol. The average molecular weight is 386 g/mol. The highest BCUT2D eigenvalue weighted by Crippen LogP contribution is 2.35. The van der Waals surface area contributed by atoms with Crippen molar-refractivity contribution in [2.75, 3.05) is 0 Å². The Morgan fingerprint density at radius 3 is 2.41 bits per heavy atom. The lowest BCUT2D eigenvalue weighted by Gasteiger charge is -2.18. The maximum absolute atomic E-state index is 14.7. The van der Waals surface area contributed by atoms with Gasteiger partial charge >= 0.3 is 0 Å². The van der Waals surface area contributed by atoms with Gasteiger partial charge in [-0.3, -0.25) is 4.79 Å². The van der Waals surface area contributed by atoms with Gasteiger partial charge in [0, 0.05) is 43.0 Å². The van der Waals surface area contributed by atoms with Crippen LogP contribution in [-0.4, -0.2) is 10.5 Å². The number of amides is 1. The van der Waals surface area contributed by atoms with Crippen molar-refractivity contribution < 1.29 is 9.18 Å². The van der Waals surface area contributed by atoms with Crippen molar-refractivity contribution in [1.82, 2.24) is 9.88 Å². The highest BCUT2D eigenvalue weighted by atomic mass is 19.1. The van der Waals surface area contributed by atoms with E-state index in [1.807, 2.05) is 78.5 Å². The van der Waals surface area contributed by atoms with Gasteiger partial charge in [0.05, 0.1) is 0 Å². The second-order valence-corrected chi connectivity index (χ2v) is 7.25. The minimum atomic E-state index is -0.363. The van der Waals surface area contributed by atoms with E-state index in [4.69, 9.17) is 0 Å². The zero-order valence-corrected chi connectivity index (χ0v) is 16.3. The molecule has 1 unspecified atom stereocenters. The number of hydrogen-bond donors (Lipinski definition) is 1. The standard InChI is InChI=1S/C25H23FN2O/c1-28-17-22(20-12-6-8-14-24(20)28)21(19-11-5-7-13-23(19)26)15-25(29)27-16-18-9-3-2-4-10-18/h2-14,17,21H,15-16H2,1H3,(H,27,29). The Hall–Kier alpha value is -3.40. The first kappa shape index (κ1) is 18.9. The van der Waals surface area contributed by atoms with Gasteiger partial charge in [0.25, 0.3) is 0 Å². The van der Waals surface area contributed by atoms with Crippen molar-refractivity contribution in [2.45, 2.75) is 18.9 Å². The zero-order chi connectivity index (χ0) is 20.2. The van der Waals surface area contributed by atoms with Gasteiger partial charge in [-0.2, -0.15) is 0 Å². The minimum Gasteiger partial charge on any atom is -0.352 e. The summed E-state index contributed by atoms with van der Waals surface area (Å²) >= 11 is 0. The van der Waals surface area contributed by atoms with Crippen LogP contribution in [0.3, 0.4) is 0 Å². The molecule has 1 heterocycles. The number of hydrogen-bond acceptors (Lipinski definition) is 1. The second-order valence-electron chi connectivity index (χ2n) is 7.25. The van der Waals surface area contributed by atoms with Gasteiger partial charge in [0.15, 0.2) is 0 Å². The van der Waals surface area contributed by atoms with E-state index in [0.29, 0.717) is 12.1 Å². The Labute approximate surface area is 169 Å². The Bertz CT molecular complexity index is 1130. The number of nitrogens with one attached hydrogen (secondary N) is 1. The van der Waals surface area contributed by atoms with Crippen LogP contribution >= 0.6 is 0 Å². The predicted octanol–water partition coefficient (Wildman–Crippen LogP) is 5.16. The molecular weight excluding hydrogens is 363 g/mol. The van der Waals surface area contributed by atoms with E-state index in [1.165, 1.54) is 6.07 Å². The number of para-hydroxylation sites is 1. The normalized spacial score (nSPS) is 12.1. The van der Waals surface area contributed by atoms with Gasteiger partial charge in [-0.15, -0.1) is 0 Å². The first-order chi connectivity index (χ1) is 14.1. The van der Waals surface area contributed by atoms with E-state index in [2.05, 4.69) is 5.32 Å². The summed E-state index contributed by atoms with van der Waals surface area (Å²) in [6.45, 7) is 0.458. The Morgan fingerprint density at radius 1 is 0.931 bits per heavy atom. The molecule has 146 valence electrons. The van der Waals surface area contributed by atoms with Gasteiger partial charge in [-0.1, -0.05) is 66.7 Å². The van der Waals surface area contributed by atoms with Gasteiger partial charge in [-0.05, 0) is 28.8 Å². The van der Waals surface area contributed by atoms with Crippen LogP contribution in [0.1, 0.15) is 29.0 Å². The number of halogens is 1. The molecule has 0 bridgehead atoms. The first-order valence-corrected chi connectivity index (χ1v) is 9.72. The molecule has 0 aliphatic carbocycles. The molecule has 4 rings (SSSR count). The fraction of sp³-hybridized carbons (Fsp3) is 0.160. The molecule has 0 radical (unpaired) electrons. The van der Waals surface area contributed by atoms with Crippen molar-refractivity contribution in [3.63, 3.8) is 0 Å². The lowest BCUT2D eigenvalue weighted by molar-refractivity contribution is -0.121. The third-order valence-corrected chi connectivity index (χ3v) is 5.31. The number of fused-ring (bicyclic) bond motifs is 1. The van der Waals surface area contributed by atoms with Crippen molar-refractivity contribution in [3.05, 3.63) is 108 Å². The molecule has 0 spiro atoms. The topological polar surface area (TPSA) is 34.0 Å². The summed E-state index contributed by atoms with van der Waals surface area (Å²) in [7, 11) is 1.97. The average Bonchev–Trinajstić information content (AvgIpc) is 3.09. The van der Waals surface area contributed by atoms with Crippen LogP contribution in [0.25, 0.3) is 10.9 Å². The van der Waals surface area contributed by atoms with E-state index in [1.54, 1.807) is 12.1 Å². The molecule has 0 saturated heterocycles. The molecule has 1 aromatic heterocycles. The van der Waals surface area contributed by atoms with Crippen LogP contribution in [0, 0.1) is 5.82 Å². The van der Waals surface area contributed by atoms with Gasteiger partial charge in [0.1, 0.15) is 5.82 Å². The van der Waals surface area contributed by atoms with E-state index in [-0.39, 0.29) is 24.1 Å². The summed E-state index contributed by atoms with van der Waals surface area (Å²) in [4.78, 5) is 12.8. The number of carbonyl (C=O) groups excluding carboxylic acids is 1. The molecule has 29 heavy (non-hydrogen) atoms. The maximum Gasteiger partial charge on any atom is 0.221 e. The summed E-state index contributed by atoms with van der Waals surface area (Å²) in [5.74, 6) is -0.755. The van der Waals surface area contributed by atoms with Crippen molar-refractivity contribution in [2.24, 2.45) is 7.05 Å². The van der Waals surface area contributed by atoms with Crippen LogP contribution in [0.15, 0.2) is 85.1 Å². The van der Waals surface area contributed by atoms with E-state index in [9.17, 15) is 9.18 Å². The quantitative estimate of drug-likeness (QED) is 0.488. The smallest absolute Gasteiger partial charge is 0.221 e. The molecule has 1 amide bonds. The second kappa shape index (κ2) is 8.31. The highest BCUT2D eigenvalue weighted by Gasteiger charge is 2.24. The number of nitrogens with zero attached hydrogens (tertiary/aromatic N) is 1. The third-order valence-electron chi connectivity index (χ3n) is 5.31. The maximum atomic E-state index is 14.7. The molecule has 4 aromatic rings. The molecule has 1 N–H and O–H groups in total. The zero-order valence-electron chi connectivity index (χ0n) is 16.3. The molecule has 0 aliphatic rings. The van der Waals surface area contributed by atoms with Crippen molar-refractivity contribution in [3.8, 4) is 0 Å². The number of benzene rings is 3. The number of rotatable bonds is 6. The first-order valence-electron chi connectivity index (χ1n) is 9.72. The van der Waals surface area contributed by atoms with E-state index >= 15 is 0 Å². The summed E-state index contributed by atoms with van der Waals surface area (Å²) < 4.78 is 16.7. The fourth-order valence-corrected chi connectivity index (χ4v) is 3.85. The molecule has 3 aromatic carbocycles. The third kappa shape index (κ3) is 4.06. The number of aryl methyl sites for hydroxylation is 1. The summed E-state index contributed by atoms with van der Waals surface area (Å²) in [5.41, 5.74) is 3.60. The highest BCUT2D eigenvalue weighted by molar-refractivity contribution is 5.86. The van der Waals surface area contributed by atoms with Gasteiger partial charge < -0.3 is 9.88 Å². The largest absolute Gasteiger partial charge is 0.352 e. The minimum absolute atomic E-state index is 0.102. The van der Waals surface area contributed by atoms with Crippen LogP contribution in [0.4, 0.5) is 4.39 Å². The molecule has 4 heteroatoms. The van der Waals surface area contributed by atoms with E-state index < -0.39 is 0 Å². The summed E-state index contributed by atoms with van der Waals surface area (Å²) in [5, 5.41) is 4.02. The number of carbonyl (C=O) groups is 1. The Morgan fingerprint density at radius 2 is 1.62 bits per heavy atom. The van der Waals surface area contributed by atoms with E-state index in [0.717, 1.165) is 22.0 Å². The van der Waals surface area contributed by atoms with Crippen LogP contribution < -0.4 is 5.32 Å². The number of aromatic nitrogens is 1. The fourth-order valence-electron chi connectivity index (χ4n) is 3.85. The SMILES string of the molecule is Cn1cc(C(CC(=O)NCc2ccccc2)c2ccccc2F)c2ccccc21. The molecule has 0 saturated carbocycles. The van der Waals surface area contributed by atoms with Crippen LogP contribution in [0.2, 0.25) is 0 Å². The van der Waals surface area contributed by atoms with Gasteiger partial charge in [0.2, 0.25) is 5.91 Å². The van der Waals surface area contributed by atoms with Gasteiger partial charge in [-0.25, -0.2) is 4.39 Å². The monoisotopic (exact) mass is 386 g/mol. The van der Waals surface area contributed by atoms with Crippen molar-refractivity contribution >= 4 is 16.8 Å². The van der Waals surface area contributed by atoms with Crippen LogP contribution in [-0.2, 0) is 18.4 Å². The molecule has 3 nitrogen and oxygen atoms in total. The molecular formula is C25H23FN2O. The Kier molecular flexibility index (Phi) is 5.43. The summed E-state index contributed by atoms with van der Waals surface area (Å²) in [6, 6.07) is 24.5. The van der Waals surface area contributed by atoms with Crippen molar-refractivity contribution in [1.29, 1.82) is 0 Å². The lowest BCUT2D eigenvalue weighted by atomic mass is 9.87. The lowest BCUT2D eigenvalue weighted by Crippen LogP contribution is -2.25. The summed E-state index contributed by atoms with van der Waals surface area (Å²) in [6.07, 6.45) is 2.19.